The molecule has 0 radical (unpaired) electrons. The van der Waals surface area contributed by atoms with Crippen molar-refractivity contribution in [3.05, 3.63) is 0 Å². The Bertz CT molecular complexity index is 302. The van der Waals surface area contributed by atoms with E-state index in [4.69, 9.17) is 9.90 Å². The van der Waals surface area contributed by atoms with Gasteiger partial charge in [-0.2, -0.15) is 13.2 Å². The van der Waals surface area contributed by atoms with E-state index in [1.165, 1.54) is 0 Å². The predicted molar refractivity (Wildman–Crippen MR) is 61.7 cm³/mol. The van der Waals surface area contributed by atoms with Gasteiger partial charge >= 0.3 is 12.1 Å². The van der Waals surface area contributed by atoms with Crippen molar-refractivity contribution >= 4 is 11.9 Å². The van der Waals surface area contributed by atoms with Crippen molar-refractivity contribution in [2.24, 2.45) is 0 Å². The Morgan fingerprint density at radius 1 is 1.26 bits per heavy atom. The van der Waals surface area contributed by atoms with Gasteiger partial charge in [-0.3, -0.25) is 9.69 Å². The fraction of sp³-hybridized carbons (Fsp3) is 0.800. The van der Waals surface area contributed by atoms with Crippen LogP contribution in [0.1, 0.15) is 0 Å². The van der Waals surface area contributed by atoms with Crippen LogP contribution in [0.4, 0.5) is 13.2 Å². The van der Waals surface area contributed by atoms with Crippen molar-refractivity contribution in [1.82, 2.24) is 15.1 Å². The molecule has 0 saturated carbocycles. The van der Waals surface area contributed by atoms with Crippen LogP contribution >= 0.6 is 0 Å². The number of nitrogens with one attached hydrogen (secondary N) is 1. The molecule has 19 heavy (non-hydrogen) atoms. The first-order valence-corrected chi connectivity index (χ1v) is 5.58. The van der Waals surface area contributed by atoms with Gasteiger partial charge in [0, 0.05) is 40.3 Å². The molecule has 1 heterocycles. The molecule has 0 bridgehead atoms. The summed E-state index contributed by atoms with van der Waals surface area (Å²) in [6.07, 6.45) is -5.08. The highest BCUT2D eigenvalue weighted by molar-refractivity contribution is 5.77. The number of carboxylic acids is 1. The van der Waals surface area contributed by atoms with Gasteiger partial charge in [0.1, 0.15) is 0 Å². The summed E-state index contributed by atoms with van der Waals surface area (Å²) in [6.45, 7) is 4.54. The zero-order valence-corrected chi connectivity index (χ0v) is 10.8. The van der Waals surface area contributed by atoms with Crippen LogP contribution in [0.15, 0.2) is 0 Å². The molecular weight excluding hydrogens is 267 g/mol. The topological polar surface area (TPSA) is 72.9 Å². The average molecular weight is 285 g/mol. The molecule has 1 aliphatic heterocycles. The van der Waals surface area contributed by atoms with Gasteiger partial charge in [0.15, 0.2) is 0 Å². The number of alkyl halides is 3. The molecule has 112 valence electrons. The van der Waals surface area contributed by atoms with Crippen LogP contribution in [0.2, 0.25) is 0 Å². The van der Waals surface area contributed by atoms with Crippen molar-refractivity contribution in [2.75, 3.05) is 46.8 Å². The van der Waals surface area contributed by atoms with Crippen molar-refractivity contribution in [2.45, 2.75) is 6.18 Å². The summed E-state index contributed by atoms with van der Waals surface area (Å²) in [5.74, 6) is -2.57. The normalized spacial score (nSPS) is 16.3. The van der Waals surface area contributed by atoms with E-state index in [9.17, 15) is 18.0 Å². The minimum atomic E-state index is -5.08. The molecule has 1 amide bonds. The second-order valence-electron chi connectivity index (χ2n) is 4.12. The summed E-state index contributed by atoms with van der Waals surface area (Å²) in [4.78, 5) is 24.0. The molecule has 0 spiro atoms. The smallest absolute Gasteiger partial charge is 0.475 e. The number of nitrogens with zero attached hydrogens (tertiary/aromatic N) is 2. The first-order valence-electron chi connectivity index (χ1n) is 5.58. The van der Waals surface area contributed by atoms with Gasteiger partial charge in [0.05, 0.1) is 6.54 Å². The van der Waals surface area contributed by atoms with Crippen LogP contribution < -0.4 is 5.32 Å². The van der Waals surface area contributed by atoms with Crippen molar-refractivity contribution in [3.8, 4) is 0 Å². The van der Waals surface area contributed by atoms with Gasteiger partial charge in [0.25, 0.3) is 0 Å². The Labute approximate surface area is 109 Å². The molecular formula is C10H18F3N3O3. The molecule has 1 fully saturated rings. The number of aliphatic carboxylic acids is 1. The van der Waals surface area contributed by atoms with Gasteiger partial charge in [-0.25, -0.2) is 4.79 Å². The number of carboxylic acid groups (broad SMARTS) is 1. The minimum Gasteiger partial charge on any atom is -0.475 e. The molecule has 0 aliphatic carbocycles. The highest BCUT2D eigenvalue weighted by Crippen LogP contribution is 2.13. The quantitative estimate of drug-likeness (QED) is 0.723. The fourth-order valence-corrected chi connectivity index (χ4v) is 1.20. The Kier molecular flexibility index (Phi) is 7.38. The molecule has 0 aromatic carbocycles. The summed E-state index contributed by atoms with van der Waals surface area (Å²) in [5, 5.41) is 10.4. The van der Waals surface area contributed by atoms with E-state index in [1.54, 1.807) is 19.0 Å². The van der Waals surface area contributed by atoms with Crippen LogP contribution in [0.3, 0.4) is 0 Å². The number of halogens is 3. The zero-order valence-electron chi connectivity index (χ0n) is 10.8. The Balaban J connectivity index is 0.000000399. The maximum Gasteiger partial charge on any atom is 0.490 e. The molecule has 6 nitrogen and oxygen atoms in total. The number of carbonyl (C=O) groups is 2. The van der Waals surface area contributed by atoms with Crippen molar-refractivity contribution in [1.29, 1.82) is 0 Å². The van der Waals surface area contributed by atoms with Crippen LogP contribution in [-0.2, 0) is 9.59 Å². The first-order chi connectivity index (χ1) is 8.64. The maximum atomic E-state index is 11.3. The van der Waals surface area contributed by atoms with E-state index in [0.29, 0.717) is 6.54 Å². The summed E-state index contributed by atoms with van der Waals surface area (Å²) in [5.41, 5.74) is 0. The summed E-state index contributed by atoms with van der Waals surface area (Å²) < 4.78 is 31.7. The highest BCUT2D eigenvalue weighted by atomic mass is 19.4. The van der Waals surface area contributed by atoms with Crippen LogP contribution in [0, 0.1) is 0 Å². The maximum absolute atomic E-state index is 11.3. The molecule has 9 heteroatoms. The van der Waals surface area contributed by atoms with E-state index in [1.807, 2.05) is 0 Å². The number of likely N-dealkylation sites (N-methyl/N-ethyl adjacent to an activating group) is 1. The number of hydrogen-bond acceptors (Lipinski definition) is 4. The summed E-state index contributed by atoms with van der Waals surface area (Å²) in [7, 11) is 3.59. The van der Waals surface area contributed by atoms with Crippen molar-refractivity contribution < 1.29 is 27.9 Å². The van der Waals surface area contributed by atoms with Gasteiger partial charge in [0.2, 0.25) is 5.91 Å². The molecule has 0 atom stereocenters. The van der Waals surface area contributed by atoms with Crippen molar-refractivity contribution in [3.63, 3.8) is 0 Å². The molecule has 2 N–H and O–H groups in total. The third kappa shape index (κ3) is 8.38. The second-order valence-corrected chi connectivity index (χ2v) is 4.12. The van der Waals surface area contributed by atoms with Crippen LogP contribution in [0.25, 0.3) is 0 Å². The molecule has 1 aliphatic rings. The zero-order chi connectivity index (χ0) is 15.1. The lowest BCUT2D eigenvalue weighted by atomic mass is 10.3. The molecule has 0 aromatic heterocycles. The number of amides is 1. The number of hydrogen-bond donors (Lipinski definition) is 2. The van der Waals surface area contributed by atoms with E-state index in [-0.39, 0.29) is 5.91 Å². The third-order valence-electron chi connectivity index (χ3n) is 2.31. The van der Waals surface area contributed by atoms with Gasteiger partial charge in [-0.1, -0.05) is 0 Å². The first kappa shape index (κ1) is 17.6. The predicted octanol–water partition coefficient (Wildman–Crippen LogP) is -0.387. The van der Waals surface area contributed by atoms with Crippen LogP contribution in [-0.4, -0.2) is 79.8 Å². The molecule has 1 saturated heterocycles. The number of carbonyl (C=O) groups excluding carboxylic acids is 1. The molecule has 0 aromatic rings. The summed E-state index contributed by atoms with van der Waals surface area (Å²) in [6, 6.07) is 0. The lowest BCUT2D eigenvalue weighted by Crippen LogP contribution is -2.47. The Morgan fingerprint density at radius 3 is 2.00 bits per heavy atom. The van der Waals surface area contributed by atoms with E-state index in [0.717, 1.165) is 26.2 Å². The van der Waals surface area contributed by atoms with Crippen LogP contribution in [0.5, 0.6) is 0 Å². The van der Waals surface area contributed by atoms with E-state index in [2.05, 4.69) is 10.2 Å². The fourth-order valence-electron chi connectivity index (χ4n) is 1.20. The number of piperazine rings is 1. The highest BCUT2D eigenvalue weighted by Gasteiger charge is 2.38. The molecule has 0 unspecified atom stereocenters. The molecule has 1 rings (SSSR count). The standard InChI is InChI=1S/C8H17N3O.C2HF3O2/c1-10(2)8(12)7-11-5-3-9-4-6-11;3-2(4,5)1(6)7/h9H,3-7H2,1-2H3;(H,6,7). The van der Waals surface area contributed by atoms with E-state index >= 15 is 0 Å². The Morgan fingerprint density at radius 2 is 1.68 bits per heavy atom. The lowest BCUT2D eigenvalue weighted by Gasteiger charge is -2.27. The second kappa shape index (κ2) is 7.95. The Hall–Kier alpha value is -1.35. The minimum absolute atomic E-state index is 0.192. The van der Waals surface area contributed by atoms with Gasteiger partial charge in [-0.05, 0) is 0 Å². The summed E-state index contributed by atoms with van der Waals surface area (Å²) >= 11 is 0. The van der Waals surface area contributed by atoms with Gasteiger partial charge < -0.3 is 15.3 Å². The largest absolute Gasteiger partial charge is 0.490 e. The number of rotatable bonds is 2. The van der Waals surface area contributed by atoms with E-state index < -0.39 is 12.1 Å². The lowest BCUT2D eigenvalue weighted by molar-refractivity contribution is -0.192. The monoisotopic (exact) mass is 285 g/mol. The SMILES string of the molecule is CN(C)C(=O)CN1CCNCC1.O=C(O)C(F)(F)F. The average Bonchev–Trinajstić information content (AvgIpc) is 2.29. The third-order valence-corrected chi connectivity index (χ3v) is 2.31. The van der Waals surface area contributed by atoms with Gasteiger partial charge in [-0.15, -0.1) is 0 Å².